The van der Waals surface area contributed by atoms with E-state index in [1.165, 1.54) is 35.7 Å². The van der Waals surface area contributed by atoms with Crippen molar-refractivity contribution in [3.8, 4) is 0 Å². The Bertz CT molecular complexity index is 738. The van der Waals surface area contributed by atoms with E-state index in [-0.39, 0.29) is 0 Å². The molecular formula is C18H24N4. The number of aryl methyl sites for hydroxylation is 4. The van der Waals surface area contributed by atoms with Crippen LogP contribution in [0.15, 0.2) is 36.7 Å². The molecule has 0 unspecified atom stereocenters. The van der Waals surface area contributed by atoms with Crippen molar-refractivity contribution in [2.75, 3.05) is 0 Å². The van der Waals surface area contributed by atoms with Crippen molar-refractivity contribution in [1.29, 1.82) is 0 Å². The first-order valence-electron chi connectivity index (χ1n) is 8.21. The highest BCUT2D eigenvalue weighted by Crippen LogP contribution is 2.17. The minimum atomic E-state index is 0.860. The summed E-state index contributed by atoms with van der Waals surface area (Å²) in [7, 11) is 0. The van der Waals surface area contributed by atoms with Crippen LogP contribution in [0.4, 0.5) is 0 Å². The summed E-state index contributed by atoms with van der Waals surface area (Å²) >= 11 is 0. The summed E-state index contributed by atoms with van der Waals surface area (Å²) in [5, 5.41) is 9.81. The van der Waals surface area contributed by atoms with Crippen LogP contribution in [0.5, 0.6) is 0 Å². The van der Waals surface area contributed by atoms with E-state index in [4.69, 9.17) is 0 Å². The van der Waals surface area contributed by atoms with Gasteiger partial charge < -0.3 is 4.57 Å². The molecule has 0 bridgehead atoms. The molecule has 3 aromatic rings. The molecule has 0 fully saturated rings. The van der Waals surface area contributed by atoms with Gasteiger partial charge in [0.05, 0.1) is 12.2 Å². The van der Waals surface area contributed by atoms with Crippen LogP contribution in [0.25, 0.3) is 10.9 Å². The van der Waals surface area contributed by atoms with Gasteiger partial charge in [0.1, 0.15) is 0 Å². The molecule has 2 heterocycles. The van der Waals surface area contributed by atoms with Gasteiger partial charge in [-0.1, -0.05) is 36.6 Å². The van der Waals surface area contributed by atoms with E-state index in [2.05, 4.69) is 65.4 Å². The van der Waals surface area contributed by atoms with Gasteiger partial charge in [0, 0.05) is 24.5 Å². The van der Waals surface area contributed by atoms with Crippen LogP contribution >= 0.6 is 0 Å². The Hall–Kier alpha value is -2.10. The lowest BCUT2D eigenvalue weighted by atomic mass is 10.2. The first-order valence-corrected chi connectivity index (χ1v) is 8.21. The van der Waals surface area contributed by atoms with Crippen molar-refractivity contribution >= 4 is 10.9 Å². The maximum Gasteiger partial charge on any atom is 0.0827 e. The van der Waals surface area contributed by atoms with E-state index in [1.54, 1.807) is 0 Å². The quantitative estimate of drug-likeness (QED) is 0.618. The average molecular weight is 296 g/mol. The third kappa shape index (κ3) is 3.38. The van der Waals surface area contributed by atoms with E-state index in [9.17, 15) is 0 Å². The second-order valence-electron chi connectivity index (χ2n) is 6.00. The lowest BCUT2D eigenvalue weighted by Gasteiger charge is -2.05. The average Bonchev–Trinajstić information content (AvgIpc) is 3.12. The SMILES string of the molecule is CCCCCc1cn(CCn2ccc3cc(C)ccc32)nn1. The topological polar surface area (TPSA) is 35.6 Å². The summed E-state index contributed by atoms with van der Waals surface area (Å²) in [6, 6.07) is 8.77. The standard InChI is InChI=1S/C18H24N4/c1-3-4-5-6-17-14-22(20-19-17)12-11-21-10-9-16-13-15(2)7-8-18(16)21/h7-10,13-14H,3-6,11-12H2,1-2H3. The Morgan fingerprint density at radius 2 is 2.00 bits per heavy atom. The fraction of sp³-hybridized carbons (Fsp3) is 0.444. The molecule has 22 heavy (non-hydrogen) atoms. The molecular weight excluding hydrogens is 272 g/mol. The predicted octanol–water partition coefficient (Wildman–Crippen LogP) is 3.97. The van der Waals surface area contributed by atoms with E-state index in [0.717, 1.165) is 25.2 Å². The van der Waals surface area contributed by atoms with E-state index >= 15 is 0 Å². The van der Waals surface area contributed by atoms with Gasteiger partial charge in [-0.05, 0) is 43.4 Å². The predicted molar refractivity (Wildman–Crippen MR) is 89.9 cm³/mol. The van der Waals surface area contributed by atoms with Gasteiger partial charge in [0.25, 0.3) is 0 Å². The number of fused-ring (bicyclic) bond motifs is 1. The van der Waals surface area contributed by atoms with Gasteiger partial charge in [-0.3, -0.25) is 4.68 Å². The molecule has 116 valence electrons. The molecule has 2 aromatic heterocycles. The van der Waals surface area contributed by atoms with E-state index in [1.807, 2.05) is 4.68 Å². The summed E-state index contributed by atoms with van der Waals surface area (Å²) in [5.74, 6) is 0. The molecule has 4 nitrogen and oxygen atoms in total. The molecule has 0 saturated heterocycles. The van der Waals surface area contributed by atoms with E-state index < -0.39 is 0 Å². The number of aromatic nitrogens is 4. The Morgan fingerprint density at radius 3 is 2.86 bits per heavy atom. The van der Waals surface area contributed by atoms with Gasteiger partial charge in [0.15, 0.2) is 0 Å². The monoisotopic (exact) mass is 296 g/mol. The van der Waals surface area contributed by atoms with Crippen LogP contribution in [-0.4, -0.2) is 19.6 Å². The smallest absolute Gasteiger partial charge is 0.0827 e. The van der Waals surface area contributed by atoms with Crippen LogP contribution in [0.1, 0.15) is 37.4 Å². The Morgan fingerprint density at radius 1 is 1.09 bits per heavy atom. The maximum atomic E-state index is 4.27. The lowest BCUT2D eigenvalue weighted by Crippen LogP contribution is -2.07. The minimum absolute atomic E-state index is 0.860. The number of rotatable bonds is 7. The molecule has 1 aromatic carbocycles. The maximum absolute atomic E-state index is 4.27. The molecule has 4 heteroatoms. The minimum Gasteiger partial charge on any atom is -0.346 e. The Kier molecular flexibility index (Phi) is 4.56. The Labute approximate surface area is 131 Å². The molecule has 0 spiro atoms. The first-order chi connectivity index (χ1) is 10.8. The zero-order valence-electron chi connectivity index (χ0n) is 13.5. The van der Waals surface area contributed by atoms with Crippen molar-refractivity contribution in [2.24, 2.45) is 0 Å². The molecule has 0 aliphatic heterocycles. The van der Waals surface area contributed by atoms with E-state index in [0.29, 0.717) is 0 Å². The van der Waals surface area contributed by atoms with Crippen molar-refractivity contribution in [3.63, 3.8) is 0 Å². The molecule has 0 radical (unpaired) electrons. The zero-order chi connectivity index (χ0) is 15.4. The van der Waals surface area contributed by atoms with Crippen LogP contribution in [0.2, 0.25) is 0 Å². The molecule has 0 saturated carbocycles. The molecule has 0 aliphatic carbocycles. The molecule has 0 atom stereocenters. The number of nitrogens with zero attached hydrogens (tertiary/aromatic N) is 4. The fourth-order valence-electron chi connectivity index (χ4n) is 2.84. The summed E-state index contributed by atoms with van der Waals surface area (Å²) < 4.78 is 4.24. The molecule has 0 aliphatic rings. The first kappa shape index (κ1) is 14.8. The summed E-state index contributed by atoms with van der Waals surface area (Å²) in [5.41, 5.74) is 3.70. The highest BCUT2D eigenvalue weighted by atomic mass is 15.4. The van der Waals surface area contributed by atoms with Gasteiger partial charge in [-0.15, -0.1) is 5.10 Å². The normalized spacial score (nSPS) is 11.4. The van der Waals surface area contributed by atoms with Crippen LogP contribution in [0, 0.1) is 6.92 Å². The van der Waals surface area contributed by atoms with Crippen LogP contribution in [-0.2, 0) is 19.5 Å². The third-order valence-corrected chi connectivity index (χ3v) is 4.12. The molecule has 3 rings (SSSR count). The highest BCUT2D eigenvalue weighted by Gasteiger charge is 2.03. The molecule has 0 N–H and O–H groups in total. The van der Waals surface area contributed by atoms with Crippen LogP contribution < -0.4 is 0 Å². The number of unbranched alkanes of at least 4 members (excludes halogenated alkanes) is 2. The van der Waals surface area contributed by atoms with Crippen molar-refractivity contribution < 1.29 is 0 Å². The number of hydrogen-bond acceptors (Lipinski definition) is 2. The lowest BCUT2D eigenvalue weighted by molar-refractivity contribution is 0.527. The van der Waals surface area contributed by atoms with Gasteiger partial charge >= 0.3 is 0 Å². The largest absolute Gasteiger partial charge is 0.346 e. The number of benzene rings is 1. The number of hydrogen-bond donors (Lipinski definition) is 0. The summed E-state index contributed by atoms with van der Waals surface area (Å²) in [4.78, 5) is 0. The van der Waals surface area contributed by atoms with Gasteiger partial charge in [-0.2, -0.15) is 0 Å². The fourth-order valence-corrected chi connectivity index (χ4v) is 2.84. The van der Waals surface area contributed by atoms with Gasteiger partial charge in [0.2, 0.25) is 0 Å². The zero-order valence-corrected chi connectivity index (χ0v) is 13.5. The van der Waals surface area contributed by atoms with Crippen molar-refractivity contribution in [2.45, 2.75) is 52.6 Å². The van der Waals surface area contributed by atoms with Crippen LogP contribution in [0.3, 0.4) is 0 Å². The summed E-state index contributed by atoms with van der Waals surface area (Å²) in [6.45, 7) is 6.13. The van der Waals surface area contributed by atoms with Crippen molar-refractivity contribution in [3.05, 3.63) is 47.9 Å². The third-order valence-electron chi connectivity index (χ3n) is 4.12. The van der Waals surface area contributed by atoms with Crippen molar-refractivity contribution in [1.82, 2.24) is 19.6 Å². The van der Waals surface area contributed by atoms with Gasteiger partial charge in [-0.25, -0.2) is 0 Å². The highest BCUT2D eigenvalue weighted by molar-refractivity contribution is 5.80. The summed E-state index contributed by atoms with van der Waals surface area (Å²) in [6.07, 6.45) is 9.00. The second kappa shape index (κ2) is 6.77. The Balaban J connectivity index is 1.62. The molecule has 0 amide bonds. The second-order valence-corrected chi connectivity index (χ2v) is 6.00.